The van der Waals surface area contributed by atoms with Crippen molar-refractivity contribution >= 4 is 29.4 Å². The Bertz CT molecular complexity index is 489. The van der Waals surface area contributed by atoms with Crippen molar-refractivity contribution in [2.75, 3.05) is 18.0 Å². The SMILES string of the molecule is C=CCNC(=O)NC(=O)CSc1ccc(C)cc1N. The van der Waals surface area contributed by atoms with Gasteiger partial charge in [0.1, 0.15) is 0 Å². The van der Waals surface area contributed by atoms with Crippen LogP contribution < -0.4 is 16.4 Å². The monoisotopic (exact) mass is 279 g/mol. The summed E-state index contributed by atoms with van der Waals surface area (Å²) in [4.78, 5) is 23.5. The molecule has 0 aliphatic carbocycles. The van der Waals surface area contributed by atoms with Gasteiger partial charge in [0.25, 0.3) is 0 Å². The second-order valence-corrected chi connectivity index (χ2v) is 4.89. The van der Waals surface area contributed by atoms with Gasteiger partial charge in [-0.25, -0.2) is 4.79 Å². The molecule has 3 amide bonds. The predicted molar refractivity (Wildman–Crippen MR) is 78.1 cm³/mol. The van der Waals surface area contributed by atoms with Gasteiger partial charge in [0.15, 0.2) is 0 Å². The van der Waals surface area contributed by atoms with E-state index in [2.05, 4.69) is 17.2 Å². The fourth-order valence-electron chi connectivity index (χ4n) is 1.31. The van der Waals surface area contributed by atoms with Crippen molar-refractivity contribution in [3.63, 3.8) is 0 Å². The summed E-state index contributed by atoms with van der Waals surface area (Å²) in [7, 11) is 0. The summed E-state index contributed by atoms with van der Waals surface area (Å²) in [6, 6.07) is 5.10. The second kappa shape index (κ2) is 7.48. The van der Waals surface area contributed by atoms with E-state index in [4.69, 9.17) is 5.73 Å². The van der Waals surface area contributed by atoms with Gasteiger partial charge in [-0.05, 0) is 24.6 Å². The number of imide groups is 1. The van der Waals surface area contributed by atoms with Crippen LogP contribution in [0.2, 0.25) is 0 Å². The topological polar surface area (TPSA) is 84.2 Å². The third-order valence-corrected chi connectivity index (χ3v) is 3.27. The lowest BCUT2D eigenvalue weighted by molar-refractivity contribution is -0.117. The van der Waals surface area contributed by atoms with Gasteiger partial charge >= 0.3 is 6.03 Å². The molecule has 0 saturated heterocycles. The highest BCUT2D eigenvalue weighted by molar-refractivity contribution is 8.00. The van der Waals surface area contributed by atoms with Gasteiger partial charge in [0.05, 0.1) is 5.75 Å². The first-order chi connectivity index (χ1) is 9.02. The highest BCUT2D eigenvalue weighted by atomic mass is 32.2. The number of hydrogen-bond acceptors (Lipinski definition) is 4. The molecular formula is C13H17N3O2S. The molecule has 4 N–H and O–H groups in total. The Labute approximate surface area is 116 Å². The van der Waals surface area contributed by atoms with Gasteiger partial charge in [-0.1, -0.05) is 12.1 Å². The zero-order valence-electron chi connectivity index (χ0n) is 10.7. The summed E-state index contributed by atoms with van der Waals surface area (Å²) in [5.74, 6) is -0.235. The molecule has 0 spiro atoms. The molecule has 0 bridgehead atoms. The second-order valence-electron chi connectivity index (χ2n) is 3.88. The number of carbonyl (C=O) groups excluding carboxylic acids is 2. The first kappa shape index (κ1) is 15.1. The van der Waals surface area contributed by atoms with E-state index in [-0.39, 0.29) is 11.7 Å². The molecular weight excluding hydrogens is 262 g/mol. The zero-order chi connectivity index (χ0) is 14.3. The Hall–Kier alpha value is -1.95. The Balaban J connectivity index is 2.41. The molecule has 1 aromatic carbocycles. The fourth-order valence-corrected chi connectivity index (χ4v) is 2.06. The minimum atomic E-state index is -0.526. The predicted octanol–water partition coefficient (Wildman–Crippen LogP) is 1.68. The molecule has 5 nitrogen and oxygen atoms in total. The van der Waals surface area contributed by atoms with Crippen molar-refractivity contribution in [3.8, 4) is 0 Å². The number of thioether (sulfide) groups is 1. The van der Waals surface area contributed by atoms with Crippen LogP contribution in [0.25, 0.3) is 0 Å². The molecule has 102 valence electrons. The molecule has 1 aromatic rings. The third kappa shape index (κ3) is 5.48. The first-order valence-corrected chi connectivity index (χ1v) is 6.69. The molecule has 1 rings (SSSR count). The summed E-state index contributed by atoms with van der Waals surface area (Å²) in [5.41, 5.74) is 7.53. The lowest BCUT2D eigenvalue weighted by Gasteiger charge is -2.07. The van der Waals surface area contributed by atoms with Crippen LogP contribution in [0.15, 0.2) is 35.7 Å². The first-order valence-electron chi connectivity index (χ1n) is 5.70. The maximum atomic E-state index is 11.5. The number of urea groups is 1. The minimum Gasteiger partial charge on any atom is -0.398 e. The van der Waals surface area contributed by atoms with Crippen molar-refractivity contribution in [1.82, 2.24) is 10.6 Å². The molecule has 0 radical (unpaired) electrons. The molecule has 0 aromatic heterocycles. The van der Waals surface area contributed by atoms with E-state index in [1.165, 1.54) is 17.8 Å². The van der Waals surface area contributed by atoms with Gasteiger partial charge < -0.3 is 11.1 Å². The Morgan fingerprint density at radius 3 is 2.84 bits per heavy atom. The summed E-state index contributed by atoms with van der Waals surface area (Å²) in [5, 5.41) is 4.67. The van der Waals surface area contributed by atoms with E-state index in [0.717, 1.165) is 10.5 Å². The van der Waals surface area contributed by atoms with Crippen LogP contribution >= 0.6 is 11.8 Å². The minimum absolute atomic E-state index is 0.134. The summed E-state index contributed by atoms with van der Waals surface area (Å²) in [6.45, 7) is 5.72. The van der Waals surface area contributed by atoms with Crippen LogP contribution in [0.4, 0.5) is 10.5 Å². The van der Waals surface area contributed by atoms with Crippen LogP contribution in [0, 0.1) is 6.92 Å². The quantitative estimate of drug-likeness (QED) is 0.435. The molecule has 0 heterocycles. The average molecular weight is 279 g/mol. The Kier molecular flexibility index (Phi) is 5.95. The van der Waals surface area contributed by atoms with Crippen LogP contribution in [0.5, 0.6) is 0 Å². The highest BCUT2D eigenvalue weighted by Gasteiger charge is 2.08. The normalized spacial score (nSPS) is 9.74. The molecule has 0 aliphatic heterocycles. The molecule has 19 heavy (non-hydrogen) atoms. The molecule has 0 unspecified atom stereocenters. The van der Waals surface area contributed by atoms with Crippen LogP contribution in [-0.2, 0) is 4.79 Å². The van der Waals surface area contributed by atoms with E-state index >= 15 is 0 Å². The van der Waals surface area contributed by atoms with E-state index in [0.29, 0.717) is 12.2 Å². The van der Waals surface area contributed by atoms with Gasteiger partial charge in [0.2, 0.25) is 5.91 Å². The molecule has 0 atom stereocenters. The van der Waals surface area contributed by atoms with Crippen molar-refractivity contribution < 1.29 is 9.59 Å². The average Bonchev–Trinajstić information content (AvgIpc) is 2.35. The number of rotatable bonds is 5. The third-order valence-electron chi connectivity index (χ3n) is 2.18. The lowest BCUT2D eigenvalue weighted by atomic mass is 10.2. The van der Waals surface area contributed by atoms with E-state index < -0.39 is 6.03 Å². The van der Waals surface area contributed by atoms with Gasteiger partial charge in [-0.15, -0.1) is 18.3 Å². The fraction of sp³-hybridized carbons (Fsp3) is 0.231. The van der Waals surface area contributed by atoms with Crippen LogP contribution in [0.3, 0.4) is 0 Å². The van der Waals surface area contributed by atoms with Gasteiger partial charge in [-0.3, -0.25) is 10.1 Å². The number of anilines is 1. The molecule has 0 fully saturated rings. The lowest BCUT2D eigenvalue weighted by Crippen LogP contribution is -2.40. The van der Waals surface area contributed by atoms with Crippen molar-refractivity contribution in [2.45, 2.75) is 11.8 Å². The standard InChI is InChI=1S/C13H17N3O2S/c1-3-6-15-13(18)16-12(17)8-19-11-5-4-9(2)7-10(11)14/h3-5,7H,1,6,8,14H2,2H3,(H2,15,16,17,18). The highest BCUT2D eigenvalue weighted by Crippen LogP contribution is 2.25. The number of nitrogen functional groups attached to an aromatic ring is 1. The van der Waals surface area contributed by atoms with E-state index in [1.807, 2.05) is 25.1 Å². The van der Waals surface area contributed by atoms with E-state index in [9.17, 15) is 9.59 Å². The number of amides is 3. The van der Waals surface area contributed by atoms with Crippen molar-refractivity contribution in [2.24, 2.45) is 0 Å². The van der Waals surface area contributed by atoms with Crippen LogP contribution in [-0.4, -0.2) is 24.2 Å². The largest absolute Gasteiger partial charge is 0.398 e. The van der Waals surface area contributed by atoms with E-state index in [1.54, 1.807) is 0 Å². The van der Waals surface area contributed by atoms with Crippen molar-refractivity contribution in [3.05, 3.63) is 36.4 Å². The number of aryl methyl sites for hydroxylation is 1. The number of nitrogens with one attached hydrogen (secondary N) is 2. The number of carbonyl (C=O) groups is 2. The molecule has 0 aliphatic rings. The molecule has 0 saturated carbocycles. The van der Waals surface area contributed by atoms with Crippen molar-refractivity contribution in [1.29, 1.82) is 0 Å². The van der Waals surface area contributed by atoms with Gasteiger partial charge in [0, 0.05) is 17.1 Å². The Morgan fingerprint density at radius 2 is 2.21 bits per heavy atom. The maximum Gasteiger partial charge on any atom is 0.321 e. The smallest absolute Gasteiger partial charge is 0.321 e. The summed E-state index contributed by atoms with van der Waals surface area (Å²) < 4.78 is 0. The molecule has 6 heteroatoms. The number of hydrogen-bond donors (Lipinski definition) is 3. The zero-order valence-corrected chi connectivity index (χ0v) is 11.5. The van der Waals surface area contributed by atoms with Gasteiger partial charge in [-0.2, -0.15) is 0 Å². The summed E-state index contributed by atoms with van der Waals surface area (Å²) >= 11 is 1.29. The number of benzene rings is 1. The van der Waals surface area contributed by atoms with Crippen LogP contribution in [0.1, 0.15) is 5.56 Å². The summed E-state index contributed by atoms with van der Waals surface area (Å²) in [6.07, 6.45) is 1.53. The maximum absolute atomic E-state index is 11.5. The number of nitrogens with two attached hydrogens (primary N) is 1. The Morgan fingerprint density at radius 1 is 1.47 bits per heavy atom.